The lowest BCUT2D eigenvalue weighted by molar-refractivity contribution is -0.384. The molecule has 2 unspecified atom stereocenters. The molecule has 0 saturated carbocycles. The maximum atomic E-state index is 12.2. The Balaban J connectivity index is 2.02. The fraction of sp³-hybridized carbons (Fsp3) is 0.333. The molecule has 0 aliphatic heterocycles. The highest BCUT2D eigenvalue weighted by molar-refractivity contribution is 5.35. The van der Waals surface area contributed by atoms with Crippen LogP contribution in [0.3, 0.4) is 0 Å². The molecule has 26 heavy (non-hydrogen) atoms. The SMILES string of the molecule is CC(c1cccc([N+](=O)[O-])c1)N(C)CC(O)c1ccc(OC(F)F)cc1. The second kappa shape index (κ2) is 8.68. The number of hydrogen-bond acceptors (Lipinski definition) is 5. The molecule has 1 N–H and O–H groups in total. The molecule has 6 nitrogen and oxygen atoms in total. The van der Waals surface area contributed by atoms with Gasteiger partial charge >= 0.3 is 6.61 Å². The molecule has 2 rings (SSSR count). The molecule has 0 fully saturated rings. The topological polar surface area (TPSA) is 75.8 Å². The Hall–Kier alpha value is -2.58. The highest BCUT2D eigenvalue weighted by Gasteiger charge is 2.18. The van der Waals surface area contributed by atoms with Crippen molar-refractivity contribution in [3.8, 4) is 5.75 Å². The van der Waals surface area contributed by atoms with Gasteiger partial charge in [-0.25, -0.2) is 0 Å². The highest BCUT2D eigenvalue weighted by Crippen LogP contribution is 2.26. The van der Waals surface area contributed by atoms with Crippen LogP contribution in [0.4, 0.5) is 14.5 Å². The molecule has 0 spiro atoms. The number of halogens is 2. The van der Waals surface area contributed by atoms with Gasteiger partial charge < -0.3 is 9.84 Å². The van der Waals surface area contributed by atoms with Crippen molar-refractivity contribution in [3.05, 3.63) is 69.8 Å². The lowest BCUT2D eigenvalue weighted by Crippen LogP contribution is -2.27. The van der Waals surface area contributed by atoms with Crippen LogP contribution in [-0.4, -0.2) is 35.1 Å². The fourth-order valence-electron chi connectivity index (χ4n) is 2.56. The van der Waals surface area contributed by atoms with Gasteiger partial charge in [0, 0.05) is 24.7 Å². The first-order valence-electron chi connectivity index (χ1n) is 7.95. The molecule has 8 heteroatoms. The van der Waals surface area contributed by atoms with Crippen molar-refractivity contribution in [2.24, 2.45) is 0 Å². The summed E-state index contributed by atoms with van der Waals surface area (Å²) >= 11 is 0. The standard InChI is InChI=1S/C18H20F2N2O4/c1-12(14-4-3-5-15(10-14)22(24)25)21(2)11-17(23)13-6-8-16(9-7-13)26-18(19)20/h3-10,12,17-18,23H,11H2,1-2H3. The van der Waals surface area contributed by atoms with Crippen molar-refractivity contribution in [1.82, 2.24) is 4.90 Å². The minimum absolute atomic E-state index is 0.0120. The van der Waals surface area contributed by atoms with Crippen molar-refractivity contribution in [2.75, 3.05) is 13.6 Å². The van der Waals surface area contributed by atoms with Crippen LogP contribution in [0.2, 0.25) is 0 Å². The molecule has 2 aromatic carbocycles. The third-order valence-corrected chi connectivity index (χ3v) is 4.18. The lowest BCUT2D eigenvalue weighted by Gasteiger charge is -2.27. The Bertz CT molecular complexity index is 740. The Morgan fingerprint density at radius 1 is 1.19 bits per heavy atom. The number of non-ortho nitro benzene ring substituents is 1. The molecule has 0 bridgehead atoms. The van der Waals surface area contributed by atoms with E-state index in [2.05, 4.69) is 4.74 Å². The smallest absolute Gasteiger partial charge is 0.387 e. The first-order valence-corrected chi connectivity index (χ1v) is 7.95. The second-order valence-electron chi connectivity index (χ2n) is 5.93. The number of alkyl halides is 2. The average Bonchev–Trinajstić information content (AvgIpc) is 2.61. The Labute approximate surface area is 149 Å². The molecule has 0 aromatic heterocycles. The van der Waals surface area contributed by atoms with Gasteiger partial charge in [0.25, 0.3) is 5.69 Å². The van der Waals surface area contributed by atoms with E-state index >= 15 is 0 Å². The van der Waals surface area contributed by atoms with E-state index in [4.69, 9.17) is 0 Å². The molecule has 140 valence electrons. The maximum Gasteiger partial charge on any atom is 0.387 e. The van der Waals surface area contributed by atoms with E-state index in [1.54, 1.807) is 19.2 Å². The van der Waals surface area contributed by atoms with Gasteiger partial charge in [-0.15, -0.1) is 0 Å². The van der Waals surface area contributed by atoms with Crippen molar-refractivity contribution in [2.45, 2.75) is 25.7 Å². The van der Waals surface area contributed by atoms with E-state index in [0.29, 0.717) is 5.56 Å². The Kier molecular flexibility index (Phi) is 6.59. The summed E-state index contributed by atoms with van der Waals surface area (Å²) in [6, 6.07) is 12.0. The first-order chi connectivity index (χ1) is 12.3. The number of ether oxygens (including phenoxy) is 1. The number of aliphatic hydroxyl groups is 1. The molecule has 0 heterocycles. The fourth-order valence-corrected chi connectivity index (χ4v) is 2.56. The first kappa shape index (κ1) is 19.7. The van der Waals surface area contributed by atoms with E-state index < -0.39 is 17.6 Å². The molecule has 2 aromatic rings. The van der Waals surface area contributed by atoms with Gasteiger partial charge in [0.15, 0.2) is 0 Å². The minimum atomic E-state index is -2.90. The number of nitro benzene ring substituents is 1. The van der Waals surface area contributed by atoms with Gasteiger partial charge in [0.2, 0.25) is 0 Å². The number of rotatable bonds is 8. The van der Waals surface area contributed by atoms with Gasteiger partial charge in [-0.3, -0.25) is 15.0 Å². The molecular weight excluding hydrogens is 346 g/mol. The van der Waals surface area contributed by atoms with E-state index in [9.17, 15) is 24.0 Å². The van der Waals surface area contributed by atoms with Crippen LogP contribution in [0.15, 0.2) is 48.5 Å². The summed E-state index contributed by atoms with van der Waals surface area (Å²) in [5, 5.41) is 21.3. The third kappa shape index (κ3) is 5.21. The molecule has 0 aliphatic rings. The number of likely N-dealkylation sites (N-methyl/N-ethyl adjacent to an activating group) is 1. The van der Waals surface area contributed by atoms with Crippen molar-refractivity contribution < 1.29 is 23.5 Å². The van der Waals surface area contributed by atoms with Gasteiger partial charge in [-0.05, 0) is 37.2 Å². The quantitative estimate of drug-likeness (QED) is 0.566. The van der Waals surface area contributed by atoms with Gasteiger partial charge in [-0.1, -0.05) is 24.3 Å². The number of hydrogen-bond donors (Lipinski definition) is 1. The normalized spacial score (nSPS) is 13.7. The molecule has 0 amide bonds. The molecular formula is C18H20F2N2O4. The second-order valence-corrected chi connectivity index (χ2v) is 5.93. The van der Waals surface area contributed by atoms with Gasteiger partial charge in [0.05, 0.1) is 11.0 Å². The van der Waals surface area contributed by atoms with E-state index in [1.165, 1.54) is 36.4 Å². The average molecular weight is 366 g/mol. The van der Waals surface area contributed by atoms with Crippen LogP contribution >= 0.6 is 0 Å². The third-order valence-electron chi connectivity index (χ3n) is 4.18. The van der Waals surface area contributed by atoms with Crippen molar-refractivity contribution >= 4 is 5.69 Å². The molecule has 0 saturated heterocycles. The van der Waals surface area contributed by atoms with E-state index in [0.717, 1.165) is 5.56 Å². The van der Waals surface area contributed by atoms with Crippen LogP contribution in [0.5, 0.6) is 5.75 Å². The van der Waals surface area contributed by atoms with Crippen LogP contribution in [0.25, 0.3) is 0 Å². The summed E-state index contributed by atoms with van der Waals surface area (Å²) in [5.41, 5.74) is 1.33. The minimum Gasteiger partial charge on any atom is -0.435 e. The predicted octanol–water partition coefficient (Wildman–Crippen LogP) is 3.92. The van der Waals surface area contributed by atoms with Crippen LogP contribution in [-0.2, 0) is 0 Å². The lowest BCUT2D eigenvalue weighted by atomic mass is 10.0. The zero-order valence-corrected chi connectivity index (χ0v) is 14.4. The summed E-state index contributed by atoms with van der Waals surface area (Å²) in [6.45, 7) is -0.753. The van der Waals surface area contributed by atoms with Crippen LogP contribution in [0.1, 0.15) is 30.2 Å². The monoisotopic (exact) mass is 366 g/mol. The van der Waals surface area contributed by atoms with E-state index in [1.807, 2.05) is 11.8 Å². The summed E-state index contributed by atoms with van der Waals surface area (Å²) in [6.07, 6.45) is -0.846. The number of nitrogens with zero attached hydrogens (tertiary/aromatic N) is 2. The number of aliphatic hydroxyl groups excluding tert-OH is 1. The number of nitro groups is 1. The molecule has 2 atom stereocenters. The van der Waals surface area contributed by atoms with Crippen LogP contribution in [0, 0.1) is 10.1 Å². The summed E-state index contributed by atoms with van der Waals surface area (Å²) < 4.78 is 28.6. The maximum absolute atomic E-state index is 12.2. The van der Waals surface area contributed by atoms with Gasteiger partial charge in [-0.2, -0.15) is 8.78 Å². The largest absolute Gasteiger partial charge is 0.435 e. The Morgan fingerprint density at radius 3 is 2.42 bits per heavy atom. The van der Waals surface area contributed by atoms with Crippen LogP contribution < -0.4 is 4.74 Å². The molecule has 0 aliphatic carbocycles. The highest BCUT2D eigenvalue weighted by atomic mass is 19.3. The summed E-state index contributed by atoms with van der Waals surface area (Å²) in [5.74, 6) is 0.0225. The van der Waals surface area contributed by atoms with Crippen molar-refractivity contribution in [1.29, 1.82) is 0 Å². The predicted molar refractivity (Wildman–Crippen MR) is 92.2 cm³/mol. The van der Waals surface area contributed by atoms with E-state index in [-0.39, 0.29) is 24.0 Å². The molecule has 0 radical (unpaired) electrons. The zero-order chi connectivity index (χ0) is 19.3. The Morgan fingerprint density at radius 2 is 1.85 bits per heavy atom. The summed E-state index contributed by atoms with van der Waals surface area (Å²) in [7, 11) is 1.79. The van der Waals surface area contributed by atoms with Crippen molar-refractivity contribution in [3.63, 3.8) is 0 Å². The zero-order valence-electron chi connectivity index (χ0n) is 14.4. The number of benzene rings is 2. The summed E-state index contributed by atoms with van der Waals surface area (Å²) in [4.78, 5) is 12.3. The van der Waals surface area contributed by atoms with Gasteiger partial charge in [0.1, 0.15) is 5.75 Å².